The normalized spacial score (nSPS) is 22.1. The predicted molar refractivity (Wildman–Crippen MR) is 78.8 cm³/mol. The molecular formula is C16H19NO4. The Morgan fingerprint density at radius 3 is 2.71 bits per heavy atom. The summed E-state index contributed by atoms with van der Waals surface area (Å²) in [7, 11) is 0. The van der Waals surface area contributed by atoms with Crippen LogP contribution in [0.2, 0.25) is 0 Å². The van der Waals surface area contributed by atoms with Crippen molar-refractivity contribution >= 4 is 18.0 Å². The first-order valence-electron chi connectivity index (χ1n) is 7.06. The number of carboxylic acid groups (broad SMARTS) is 1. The average Bonchev–Trinajstić information content (AvgIpc) is 2.48. The van der Waals surface area contributed by atoms with E-state index < -0.39 is 12.1 Å². The second-order valence-corrected chi connectivity index (χ2v) is 5.23. The highest BCUT2D eigenvalue weighted by atomic mass is 16.4. The summed E-state index contributed by atoms with van der Waals surface area (Å²) in [6, 6.07) is 6.52. The van der Waals surface area contributed by atoms with Crippen molar-refractivity contribution in [1.29, 1.82) is 0 Å². The molecule has 1 aliphatic rings. The Labute approximate surface area is 123 Å². The fraction of sp³-hybridized carbons (Fsp3) is 0.375. The number of hydrogen-bond acceptors (Lipinski definition) is 3. The molecule has 0 aromatic heterocycles. The van der Waals surface area contributed by atoms with Gasteiger partial charge in [0.15, 0.2) is 0 Å². The van der Waals surface area contributed by atoms with Gasteiger partial charge in [0.25, 0.3) is 5.91 Å². The minimum Gasteiger partial charge on any atom is -0.478 e. The van der Waals surface area contributed by atoms with E-state index in [-0.39, 0.29) is 11.9 Å². The quantitative estimate of drug-likeness (QED) is 0.738. The van der Waals surface area contributed by atoms with Crippen LogP contribution in [0, 0.1) is 0 Å². The fourth-order valence-corrected chi connectivity index (χ4v) is 2.48. The lowest BCUT2D eigenvalue weighted by Gasteiger charge is -2.28. The highest BCUT2D eigenvalue weighted by Gasteiger charge is 2.24. The molecule has 1 aromatic rings. The van der Waals surface area contributed by atoms with Gasteiger partial charge in [-0.25, -0.2) is 4.79 Å². The molecular weight excluding hydrogens is 270 g/mol. The van der Waals surface area contributed by atoms with E-state index in [1.807, 2.05) is 0 Å². The van der Waals surface area contributed by atoms with Crippen LogP contribution in [0.25, 0.3) is 6.08 Å². The molecule has 0 heterocycles. The van der Waals surface area contributed by atoms with Gasteiger partial charge in [0.1, 0.15) is 0 Å². The molecule has 2 unspecified atom stereocenters. The van der Waals surface area contributed by atoms with Gasteiger partial charge in [0.2, 0.25) is 0 Å². The van der Waals surface area contributed by atoms with Gasteiger partial charge in [-0.3, -0.25) is 4.79 Å². The van der Waals surface area contributed by atoms with Gasteiger partial charge in [-0.1, -0.05) is 25.0 Å². The molecule has 0 spiro atoms. The molecule has 21 heavy (non-hydrogen) atoms. The van der Waals surface area contributed by atoms with E-state index in [2.05, 4.69) is 5.32 Å². The van der Waals surface area contributed by atoms with Crippen LogP contribution in [0.4, 0.5) is 0 Å². The van der Waals surface area contributed by atoms with Crippen molar-refractivity contribution in [3.8, 4) is 0 Å². The first-order chi connectivity index (χ1) is 10.1. The van der Waals surface area contributed by atoms with E-state index in [9.17, 15) is 14.7 Å². The van der Waals surface area contributed by atoms with Gasteiger partial charge in [-0.05, 0) is 36.6 Å². The molecule has 1 aromatic carbocycles. The fourth-order valence-electron chi connectivity index (χ4n) is 2.48. The average molecular weight is 289 g/mol. The van der Waals surface area contributed by atoms with Crippen molar-refractivity contribution in [2.45, 2.75) is 37.8 Å². The van der Waals surface area contributed by atoms with Crippen molar-refractivity contribution < 1.29 is 19.8 Å². The molecule has 112 valence electrons. The van der Waals surface area contributed by atoms with E-state index in [4.69, 9.17) is 5.11 Å². The number of rotatable bonds is 4. The summed E-state index contributed by atoms with van der Waals surface area (Å²) in [5.74, 6) is -1.28. The molecule has 0 bridgehead atoms. The summed E-state index contributed by atoms with van der Waals surface area (Å²) >= 11 is 0. The number of amides is 1. The SMILES string of the molecule is O=C(O)C=Cc1cccc(C(=O)NC2CCCCC2O)c1. The number of benzene rings is 1. The standard InChI is InChI=1S/C16H19NO4/c18-14-7-2-1-6-13(14)17-16(21)12-5-3-4-11(10-12)8-9-15(19)20/h3-5,8-10,13-14,18H,1-2,6-7H2,(H,17,21)(H,19,20). The highest BCUT2D eigenvalue weighted by molar-refractivity contribution is 5.95. The van der Waals surface area contributed by atoms with Crippen molar-refractivity contribution in [3.05, 3.63) is 41.5 Å². The van der Waals surface area contributed by atoms with E-state index in [0.717, 1.165) is 25.3 Å². The van der Waals surface area contributed by atoms with Crippen molar-refractivity contribution in [3.63, 3.8) is 0 Å². The zero-order valence-corrected chi connectivity index (χ0v) is 11.7. The Morgan fingerprint density at radius 2 is 2.00 bits per heavy atom. The second kappa shape index (κ2) is 7.04. The van der Waals surface area contributed by atoms with Gasteiger partial charge >= 0.3 is 5.97 Å². The van der Waals surface area contributed by atoms with Crippen LogP contribution < -0.4 is 5.32 Å². The summed E-state index contributed by atoms with van der Waals surface area (Å²) < 4.78 is 0. The molecule has 1 aliphatic carbocycles. The molecule has 0 saturated heterocycles. The number of hydrogen-bond donors (Lipinski definition) is 3. The summed E-state index contributed by atoms with van der Waals surface area (Å²) in [4.78, 5) is 22.7. The smallest absolute Gasteiger partial charge is 0.328 e. The number of aliphatic hydroxyl groups excluding tert-OH is 1. The van der Waals surface area contributed by atoms with Crippen molar-refractivity contribution in [1.82, 2.24) is 5.32 Å². The molecule has 1 saturated carbocycles. The Bertz CT molecular complexity index is 553. The predicted octanol–water partition coefficient (Wildman–Crippen LogP) is 1.82. The van der Waals surface area contributed by atoms with Crippen LogP contribution in [-0.2, 0) is 4.79 Å². The number of aliphatic carboxylic acids is 1. The molecule has 2 rings (SSSR count). The molecule has 5 heteroatoms. The lowest BCUT2D eigenvalue weighted by Crippen LogP contribution is -2.45. The number of carbonyl (C=O) groups is 2. The highest BCUT2D eigenvalue weighted by Crippen LogP contribution is 2.19. The van der Waals surface area contributed by atoms with Crippen LogP contribution in [0.1, 0.15) is 41.6 Å². The number of carbonyl (C=O) groups excluding carboxylic acids is 1. The lowest BCUT2D eigenvalue weighted by molar-refractivity contribution is -0.131. The third kappa shape index (κ3) is 4.43. The molecule has 5 nitrogen and oxygen atoms in total. The van der Waals surface area contributed by atoms with Gasteiger partial charge in [0.05, 0.1) is 12.1 Å². The molecule has 1 fully saturated rings. The summed E-state index contributed by atoms with van der Waals surface area (Å²) in [5.41, 5.74) is 1.11. The maximum Gasteiger partial charge on any atom is 0.328 e. The van der Waals surface area contributed by atoms with Crippen LogP contribution in [0.3, 0.4) is 0 Å². The molecule has 2 atom stereocenters. The minimum absolute atomic E-state index is 0.204. The van der Waals surface area contributed by atoms with Crippen molar-refractivity contribution in [2.24, 2.45) is 0 Å². The lowest BCUT2D eigenvalue weighted by atomic mass is 9.92. The number of carboxylic acids is 1. The van der Waals surface area contributed by atoms with E-state index in [1.165, 1.54) is 6.08 Å². The third-order valence-corrected chi connectivity index (χ3v) is 3.61. The Balaban J connectivity index is 2.05. The van der Waals surface area contributed by atoms with Crippen LogP contribution >= 0.6 is 0 Å². The third-order valence-electron chi connectivity index (χ3n) is 3.61. The first-order valence-corrected chi connectivity index (χ1v) is 7.06. The minimum atomic E-state index is -1.03. The van der Waals surface area contributed by atoms with Gasteiger partial charge < -0.3 is 15.5 Å². The maximum atomic E-state index is 12.2. The van der Waals surface area contributed by atoms with Gasteiger partial charge in [-0.15, -0.1) is 0 Å². The molecule has 1 amide bonds. The van der Waals surface area contributed by atoms with Gasteiger partial charge in [0, 0.05) is 11.6 Å². The van der Waals surface area contributed by atoms with Crippen LogP contribution in [0.5, 0.6) is 0 Å². The molecule has 0 radical (unpaired) electrons. The molecule has 3 N–H and O–H groups in total. The first kappa shape index (κ1) is 15.3. The topological polar surface area (TPSA) is 86.6 Å². The molecule has 0 aliphatic heterocycles. The number of nitrogens with one attached hydrogen (secondary N) is 1. The summed E-state index contributed by atoms with van der Waals surface area (Å²) in [6.07, 6.45) is 5.47. The van der Waals surface area contributed by atoms with Gasteiger partial charge in [-0.2, -0.15) is 0 Å². The van der Waals surface area contributed by atoms with Crippen LogP contribution in [-0.4, -0.2) is 34.2 Å². The Hall–Kier alpha value is -2.14. The Kier molecular flexibility index (Phi) is 5.11. The second-order valence-electron chi connectivity index (χ2n) is 5.23. The Morgan fingerprint density at radius 1 is 1.24 bits per heavy atom. The summed E-state index contributed by atoms with van der Waals surface area (Å²) in [5, 5.41) is 21.3. The maximum absolute atomic E-state index is 12.2. The van der Waals surface area contributed by atoms with E-state index in [1.54, 1.807) is 24.3 Å². The summed E-state index contributed by atoms with van der Waals surface area (Å²) in [6.45, 7) is 0. The zero-order valence-electron chi connectivity index (χ0n) is 11.7. The largest absolute Gasteiger partial charge is 0.478 e. The number of aliphatic hydroxyl groups is 1. The zero-order chi connectivity index (χ0) is 15.2. The van der Waals surface area contributed by atoms with Crippen LogP contribution in [0.15, 0.2) is 30.3 Å². The van der Waals surface area contributed by atoms with E-state index in [0.29, 0.717) is 17.5 Å². The van der Waals surface area contributed by atoms with E-state index >= 15 is 0 Å². The monoisotopic (exact) mass is 289 g/mol. The van der Waals surface area contributed by atoms with Crippen molar-refractivity contribution in [2.75, 3.05) is 0 Å².